The van der Waals surface area contributed by atoms with Crippen molar-refractivity contribution in [1.82, 2.24) is 4.90 Å². The maximum atomic E-state index is 13.0. The summed E-state index contributed by atoms with van der Waals surface area (Å²) in [5, 5.41) is 61.4. The molecule has 0 bridgehead atoms. The molecule has 0 spiro atoms. The summed E-state index contributed by atoms with van der Waals surface area (Å²) in [6, 6.07) is 26.9. The number of carbonyl (C=O) groups excluding carboxylic acids is 1. The van der Waals surface area contributed by atoms with Gasteiger partial charge in [0.1, 0.15) is 17.8 Å². The highest BCUT2D eigenvalue weighted by molar-refractivity contribution is 5.82. The quantitative estimate of drug-likeness (QED) is 0.139. The topological polar surface area (TPSA) is 151 Å². The average molecular weight is 636 g/mol. The number of aliphatic hydroxyl groups excluding tert-OH is 5. The Hall–Kier alpha value is -3.15. The summed E-state index contributed by atoms with van der Waals surface area (Å²) in [7, 11) is 0. The molecule has 2 unspecified atom stereocenters. The van der Waals surface area contributed by atoms with Crippen LogP contribution < -0.4 is 0 Å². The summed E-state index contributed by atoms with van der Waals surface area (Å²) in [5.74, 6) is -0.648. The minimum Gasteiger partial charge on any atom is -0.456 e. The van der Waals surface area contributed by atoms with Gasteiger partial charge in [-0.2, -0.15) is 0 Å². The molecular weight excluding hydrogens is 586 g/mol. The molecule has 1 heterocycles. The lowest BCUT2D eigenvalue weighted by atomic mass is 9.72. The molecule has 6 N–H and O–H groups in total. The standard InChI is InChI=1S/C37H49NO8/c1-36(2,35(44)46-34(32(42)24-39)33(43)25-40)27-17-15-26(16-18-27)31(41)14-9-21-38-22-19-30(20-23-38)37(45,28-10-5-3-6-11-28)29-12-7-4-8-13-29/h3-8,10-13,15-18,30-34,39-43,45H,9,14,19-25H2,1-2H3/t31?,32-,33+,34?. The summed E-state index contributed by atoms with van der Waals surface area (Å²) in [4.78, 5) is 15.4. The van der Waals surface area contributed by atoms with Crippen LogP contribution in [0.3, 0.4) is 0 Å². The van der Waals surface area contributed by atoms with E-state index in [1.165, 1.54) is 0 Å². The smallest absolute Gasteiger partial charge is 0.316 e. The molecular formula is C37H49NO8. The van der Waals surface area contributed by atoms with Gasteiger partial charge in [-0.25, -0.2) is 0 Å². The SMILES string of the molecule is CC(C)(C(=O)OC([C@H](O)CO)[C@@H](O)CO)c1ccc(C(O)CCCN2CCC(C(O)(c3ccccc3)c3ccccc3)CC2)cc1. The zero-order chi connectivity index (χ0) is 33.3. The van der Waals surface area contributed by atoms with Gasteiger partial charge in [-0.3, -0.25) is 4.79 Å². The number of hydrogen-bond donors (Lipinski definition) is 6. The highest BCUT2D eigenvalue weighted by Gasteiger charge is 2.41. The van der Waals surface area contributed by atoms with Crippen LogP contribution in [0.2, 0.25) is 0 Å². The van der Waals surface area contributed by atoms with E-state index in [1.807, 2.05) is 60.7 Å². The van der Waals surface area contributed by atoms with Gasteiger partial charge in [-0.1, -0.05) is 84.9 Å². The third kappa shape index (κ3) is 8.22. The first-order valence-electron chi connectivity index (χ1n) is 16.2. The fourth-order valence-electron chi connectivity index (χ4n) is 6.40. The van der Waals surface area contributed by atoms with E-state index in [2.05, 4.69) is 4.90 Å². The molecule has 9 nitrogen and oxygen atoms in total. The van der Waals surface area contributed by atoms with Crippen LogP contribution in [-0.2, 0) is 20.5 Å². The number of hydrogen-bond acceptors (Lipinski definition) is 9. The van der Waals surface area contributed by atoms with E-state index >= 15 is 0 Å². The number of carbonyl (C=O) groups is 1. The Morgan fingerprint density at radius 1 is 0.804 bits per heavy atom. The molecule has 0 amide bonds. The Morgan fingerprint density at radius 2 is 1.30 bits per heavy atom. The van der Waals surface area contributed by atoms with Gasteiger partial charge in [0.05, 0.1) is 24.7 Å². The third-order valence-corrected chi connectivity index (χ3v) is 9.46. The highest BCUT2D eigenvalue weighted by atomic mass is 16.6. The van der Waals surface area contributed by atoms with Gasteiger partial charge >= 0.3 is 5.97 Å². The number of rotatable bonds is 15. The molecule has 0 radical (unpaired) electrons. The van der Waals surface area contributed by atoms with Gasteiger partial charge in [0.25, 0.3) is 0 Å². The van der Waals surface area contributed by atoms with Crippen molar-refractivity contribution >= 4 is 5.97 Å². The number of likely N-dealkylation sites (tertiary alicyclic amines) is 1. The first-order valence-corrected chi connectivity index (χ1v) is 16.2. The normalized spacial score (nSPS) is 17.7. The maximum Gasteiger partial charge on any atom is 0.316 e. The Kier molecular flexibility index (Phi) is 12.5. The van der Waals surface area contributed by atoms with Crippen LogP contribution in [0.5, 0.6) is 0 Å². The van der Waals surface area contributed by atoms with Crippen LogP contribution in [0.25, 0.3) is 0 Å². The highest BCUT2D eigenvalue weighted by Crippen LogP contribution is 2.42. The first-order chi connectivity index (χ1) is 22.0. The van der Waals surface area contributed by atoms with E-state index in [0.29, 0.717) is 12.0 Å². The van der Waals surface area contributed by atoms with Gasteiger partial charge in [-0.05, 0) is 87.3 Å². The second-order valence-electron chi connectivity index (χ2n) is 12.9. The number of piperidine rings is 1. The second-order valence-corrected chi connectivity index (χ2v) is 12.9. The molecule has 0 aliphatic carbocycles. The fourth-order valence-corrected chi connectivity index (χ4v) is 6.40. The average Bonchev–Trinajstić information content (AvgIpc) is 3.10. The monoisotopic (exact) mass is 635 g/mol. The van der Waals surface area contributed by atoms with Crippen molar-refractivity contribution in [3.63, 3.8) is 0 Å². The van der Waals surface area contributed by atoms with Crippen molar-refractivity contribution in [2.75, 3.05) is 32.8 Å². The van der Waals surface area contributed by atoms with E-state index in [9.17, 15) is 35.4 Å². The van der Waals surface area contributed by atoms with Crippen LogP contribution in [0.4, 0.5) is 0 Å². The van der Waals surface area contributed by atoms with Crippen LogP contribution in [0.1, 0.15) is 67.9 Å². The number of ether oxygens (including phenoxy) is 1. The molecule has 1 aliphatic heterocycles. The molecule has 0 aromatic heterocycles. The molecule has 1 saturated heterocycles. The van der Waals surface area contributed by atoms with Crippen molar-refractivity contribution < 1.29 is 40.2 Å². The van der Waals surface area contributed by atoms with E-state index < -0.39 is 54.6 Å². The maximum absolute atomic E-state index is 13.0. The minimum absolute atomic E-state index is 0.0876. The minimum atomic E-state index is -1.54. The van der Waals surface area contributed by atoms with Gasteiger partial charge in [0.15, 0.2) is 6.10 Å². The Labute approximate surface area is 271 Å². The summed E-state index contributed by atoms with van der Waals surface area (Å²) < 4.78 is 5.31. The number of aliphatic hydroxyl groups is 6. The largest absolute Gasteiger partial charge is 0.456 e. The molecule has 1 aliphatic rings. The van der Waals surface area contributed by atoms with E-state index in [0.717, 1.165) is 55.6 Å². The van der Waals surface area contributed by atoms with Crippen molar-refractivity contribution in [2.24, 2.45) is 5.92 Å². The van der Waals surface area contributed by atoms with Crippen LogP contribution in [-0.4, -0.2) is 92.7 Å². The molecule has 0 saturated carbocycles. The molecule has 3 aromatic carbocycles. The number of esters is 1. The van der Waals surface area contributed by atoms with Gasteiger partial charge in [0, 0.05) is 0 Å². The van der Waals surface area contributed by atoms with Crippen molar-refractivity contribution in [3.8, 4) is 0 Å². The Morgan fingerprint density at radius 3 is 1.78 bits per heavy atom. The number of nitrogens with zero attached hydrogens (tertiary/aromatic N) is 1. The molecule has 4 atom stereocenters. The lowest BCUT2D eigenvalue weighted by Crippen LogP contribution is -2.47. The van der Waals surface area contributed by atoms with Gasteiger partial charge < -0.3 is 40.3 Å². The predicted molar refractivity (Wildman–Crippen MR) is 175 cm³/mol. The Balaban J connectivity index is 1.29. The van der Waals surface area contributed by atoms with Crippen LogP contribution >= 0.6 is 0 Å². The zero-order valence-corrected chi connectivity index (χ0v) is 26.8. The number of benzene rings is 3. The van der Waals surface area contributed by atoms with Gasteiger partial charge in [-0.15, -0.1) is 0 Å². The molecule has 1 fully saturated rings. The van der Waals surface area contributed by atoms with Crippen molar-refractivity contribution in [2.45, 2.75) is 75.0 Å². The summed E-state index contributed by atoms with van der Waals surface area (Å²) in [6.45, 7) is 4.37. The molecule has 250 valence electrons. The third-order valence-electron chi connectivity index (χ3n) is 9.46. The lowest BCUT2D eigenvalue weighted by Gasteiger charge is -2.42. The molecule has 9 heteroatoms. The van der Waals surface area contributed by atoms with Gasteiger partial charge in [0.2, 0.25) is 0 Å². The lowest BCUT2D eigenvalue weighted by molar-refractivity contribution is -0.174. The Bertz CT molecular complexity index is 1290. The molecule has 3 aromatic rings. The van der Waals surface area contributed by atoms with Crippen molar-refractivity contribution in [3.05, 3.63) is 107 Å². The van der Waals surface area contributed by atoms with Crippen LogP contribution in [0.15, 0.2) is 84.9 Å². The second kappa shape index (κ2) is 16.1. The fraction of sp³-hybridized carbons (Fsp3) is 0.486. The zero-order valence-electron chi connectivity index (χ0n) is 26.8. The van der Waals surface area contributed by atoms with Crippen molar-refractivity contribution in [1.29, 1.82) is 0 Å². The summed E-state index contributed by atoms with van der Waals surface area (Å²) in [6.07, 6.45) is -2.14. The molecule has 46 heavy (non-hydrogen) atoms. The molecule has 4 rings (SSSR count). The van der Waals surface area contributed by atoms with E-state index in [4.69, 9.17) is 4.74 Å². The predicted octanol–water partition coefficient (Wildman–Crippen LogP) is 3.04. The van der Waals surface area contributed by atoms with E-state index in [-0.39, 0.29) is 5.92 Å². The van der Waals surface area contributed by atoms with E-state index in [1.54, 1.807) is 38.1 Å². The summed E-state index contributed by atoms with van der Waals surface area (Å²) >= 11 is 0. The van der Waals surface area contributed by atoms with Crippen LogP contribution in [0, 0.1) is 5.92 Å². The first kappa shape index (κ1) is 35.7. The summed E-state index contributed by atoms with van der Waals surface area (Å²) in [5.41, 5.74) is 0.958.